The summed E-state index contributed by atoms with van der Waals surface area (Å²) in [5.74, 6) is 2.58. The van der Waals surface area contributed by atoms with Crippen LogP contribution in [-0.4, -0.2) is 46.7 Å². The molecular weight excluding hydrogens is 408 g/mol. The number of piperidine rings is 1. The molecule has 0 radical (unpaired) electrons. The lowest BCUT2D eigenvalue weighted by Gasteiger charge is -2.45. The molecule has 2 aromatic heterocycles. The van der Waals surface area contributed by atoms with E-state index in [4.69, 9.17) is 13.9 Å². The van der Waals surface area contributed by atoms with Crippen LogP contribution in [0.25, 0.3) is 0 Å². The zero-order valence-electron chi connectivity index (χ0n) is 18.2. The molecule has 0 bridgehead atoms. The number of nitrogens with zero attached hydrogens (tertiary/aromatic N) is 3. The number of rotatable bonds is 6. The molecule has 1 unspecified atom stereocenters. The summed E-state index contributed by atoms with van der Waals surface area (Å²) in [4.78, 5) is 20.0. The number of methoxy groups -OCH3 is 1. The Morgan fingerprint density at radius 1 is 1.25 bits per heavy atom. The van der Waals surface area contributed by atoms with Crippen LogP contribution < -0.4 is 10.1 Å². The highest BCUT2D eigenvalue weighted by Gasteiger charge is 2.47. The van der Waals surface area contributed by atoms with Crippen molar-refractivity contribution in [3.8, 4) is 5.75 Å². The second-order valence-electron chi connectivity index (χ2n) is 8.43. The summed E-state index contributed by atoms with van der Waals surface area (Å²) in [7, 11) is 1.64. The quantitative estimate of drug-likeness (QED) is 0.640. The molecule has 8 heteroatoms. The van der Waals surface area contributed by atoms with Crippen molar-refractivity contribution in [2.45, 2.75) is 44.2 Å². The van der Waals surface area contributed by atoms with E-state index in [0.29, 0.717) is 13.1 Å². The highest BCUT2D eigenvalue weighted by Crippen LogP contribution is 2.40. The Morgan fingerprint density at radius 2 is 2.06 bits per heavy atom. The number of nitrogens with one attached hydrogen (secondary N) is 1. The van der Waals surface area contributed by atoms with Crippen molar-refractivity contribution in [1.29, 1.82) is 0 Å². The monoisotopic (exact) mass is 436 g/mol. The molecule has 1 aromatic carbocycles. The summed E-state index contributed by atoms with van der Waals surface area (Å²) in [6.45, 7) is 3.41. The first-order chi connectivity index (χ1) is 15.6. The number of furan rings is 1. The zero-order chi connectivity index (χ0) is 22.0. The lowest BCUT2D eigenvalue weighted by atomic mass is 9.88. The molecule has 1 amide bonds. The number of carbonyl (C=O) groups excluding carboxylic acids is 1. The first-order valence-electron chi connectivity index (χ1n) is 11.0. The van der Waals surface area contributed by atoms with E-state index < -0.39 is 11.7 Å². The van der Waals surface area contributed by atoms with Gasteiger partial charge in [0.15, 0.2) is 6.10 Å². The molecule has 3 aromatic rings. The Hall–Kier alpha value is -3.10. The van der Waals surface area contributed by atoms with Gasteiger partial charge in [0.05, 0.1) is 26.5 Å². The predicted molar refractivity (Wildman–Crippen MR) is 117 cm³/mol. The Labute approximate surface area is 187 Å². The number of hydrogen-bond acceptors (Lipinski definition) is 6. The van der Waals surface area contributed by atoms with E-state index in [2.05, 4.69) is 19.8 Å². The molecule has 0 saturated carbocycles. The van der Waals surface area contributed by atoms with E-state index in [1.54, 1.807) is 19.6 Å². The maximum Gasteiger partial charge on any atom is 0.251 e. The third kappa shape index (κ3) is 4.16. The van der Waals surface area contributed by atoms with Crippen LogP contribution in [0.5, 0.6) is 5.75 Å². The van der Waals surface area contributed by atoms with Gasteiger partial charge in [-0.15, -0.1) is 0 Å². The third-order valence-electron chi connectivity index (χ3n) is 6.39. The van der Waals surface area contributed by atoms with Gasteiger partial charge in [-0.2, -0.15) is 0 Å². The van der Waals surface area contributed by atoms with E-state index in [1.807, 2.05) is 42.6 Å². The van der Waals surface area contributed by atoms with Gasteiger partial charge in [0.2, 0.25) is 0 Å². The van der Waals surface area contributed by atoms with Crippen molar-refractivity contribution in [2.24, 2.45) is 0 Å². The van der Waals surface area contributed by atoms with Crippen LogP contribution in [0.4, 0.5) is 0 Å². The third-order valence-corrected chi connectivity index (χ3v) is 6.39. The second-order valence-corrected chi connectivity index (χ2v) is 8.43. The molecule has 2 aliphatic rings. The highest BCUT2D eigenvalue weighted by molar-refractivity contribution is 5.81. The van der Waals surface area contributed by atoms with Crippen molar-refractivity contribution in [1.82, 2.24) is 19.8 Å². The van der Waals surface area contributed by atoms with Gasteiger partial charge in [-0.1, -0.05) is 12.1 Å². The van der Waals surface area contributed by atoms with Crippen LogP contribution in [0.2, 0.25) is 0 Å². The number of aromatic nitrogens is 2. The van der Waals surface area contributed by atoms with Crippen molar-refractivity contribution in [2.75, 3.05) is 20.2 Å². The van der Waals surface area contributed by atoms with Gasteiger partial charge >= 0.3 is 0 Å². The lowest BCUT2D eigenvalue weighted by Crippen LogP contribution is -2.53. The molecule has 1 atom stereocenters. The summed E-state index contributed by atoms with van der Waals surface area (Å²) in [5.41, 5.74) is 0.475. The molecule has 2 aliphatic heterocycles. The molecule has 0 aliphatic carbocycles. The lowest BCUT2D eigenvalue weighted by molar-refractivity contribution is -0.174. The Kier molecular flexibility index (Phi) is 5.71. The van der Waals surface area contributed by atoms with Crippen LogP contribution >= 0.6 is 0 Å². The largest absolute Gasteiger partial charge is 0.497 e. The minimum atomic E-state index is -0.549. The summed E-state index contributed by atoms with van der Waals surface area (Å²) in [5, 5.41) is 3.03. The minimum absolute atomic E-state index is 0.0995. The van der Waals surface area contributed by atoms with Crippen LogP contribution in [0, 0.1) is 0 Å². The molecule has 1 N–H and O–H groups in total. The van der Waals surface area contributed by atoms with Gasteiger partial charge in [0, 0.05) is 32.0 Å². The average Bonchev–Trinajstić information content (AvgIpc) is 3.52. The number of ether oxygens (including phenoxy) is 2. The summed E-state index contributed by atoms with van der Waals surface area (Å²) in [6.07, 6.45) is 6.47. The molecule has 8 nitrogen and oxygen atoms in total. The van der Waals surface area contributed by atoms with E-state index in [9.17, 15) is 4.79 Å². The standard InChI is InChI=1S/C24H28N4O4/c1-30-19-6-4-18(5-7-19)15-26-22(29)21-17-28-13-10-25-23(28)24(32-21)8-11-27(12-9-24)16-20-3-2-14-31-20/h2-7,10,13-14,21H,8-9,11-12,15-17H2,1H3,(H,26,29). The Bertz CT molecular complexity index is 1040. The first-order valence-corrected chi connectivity index (χ1v) is 11.0. The number of fused-ring (bicyclic) bond motifs is 2. The number of imidazole rings is 1. The van der Waals surface area contributed by atoms with Gasteiger partial charge < -0.3 is 23.8 Å². The molecular formula is C24H28N4O4. The number of likely N-dealkylation sites (tertiary alicyclic amines) is 1. The molecule has 1 saturated heterocycles. The predicted octanol–water partition coefficient (Wildman–Crippen LogP) is 2.69. The summed E-state index contributed by atoms with van der Waals surface area (Å²) >= 11 is 0. The van der Waals surface area contributed by atoms with Crippen molar-refractivity contribution < 1.29 is 18.7 Å². The zero-order valence-corrected chi connectivity index (χ0v) is 18.2. The molecule has 32 heavy (non-hydrogen) atoms. The minimum Gasteiger partial charge on any atom is -0.497 e. The average molecular weight is 437 g/mol. The highest BCUT2D eigenvalue weighted by atomic mass is 16.5. The second kappa shape index (κ2) is 8.80. The van der Waals surface area contributed by atoms with E-state index in [1.165, 1.54) is 0 Å². The molecule has 1 fully saturated rings. The number of carbonyl (C=O) groups is 1. The normalized spacial score (nSPS) is 20.1. The van der Waals surface area contributed by atoms with Crippen molar-refractivity contribution >= 4 is 5.91 Å². The summed E-state index contributed by atoms with van der Waals surface area (Å²) < 4.78 is 19.3. The van der Waals surface area contributed by atoms with Crippen LogP contribution in [0.3, 0.4) is 0 Å². The van der Waals surface area contributed by atoms with Crippen molar-refractivity contribution in [3.05, 3.63) is 72.2 Å². The topological polar surface area (TPSA) is 81.8 Å². The van der Waals surface area contributed by atoms with Crippen LogP contribution in [0.1, 0.15) is 30.0 Å². The van der Waals surface area contributed by atoms with Gasteiger partial charge in [-0.05, 0) is 42.7 Å². The first kappa shape index (κ1) is 20.8. The smallest absolute Gasteiger partial charge is 0.251 e. The van der Waals surface area contributed by atoms with Crippen molar-refractivity contribution in [3.63, 3.8) is 0 Å². The molecule has 168 valence electrons. The maximum atomic E-state index is 13.0. The number of amides is 1. The number of hydrogen-bond donors (Lipinski definition) is 1. The molecule has 5 rings (SSSR count). The SMILES string of the molecule is COc1ccc(CNC(=O)C2Cn3ccnc3C3(CCN(Cc4ccco4)CC3)O2)cc1. The van der Waals surface area contributed by atoms with Gasteiger partial charge in [0.25, 0.3) is 5.91 Å². The fraction of sp³-hybridized carbons (Fsp3) is 0.417. The fourth-order valence-corrected chi connectivity index (χ4v) is 4.62. The number of benzene rings is 1. The molecule has 1 spiro atoms. The van der Waals surface area contributed by atoms with Gasteiger partial charge in [-0.3, -0.25) is 9.69 Å². The van der Waals surface area contributed by atoms with Gasteiger partial charge in [0.1, 0.15) is 22.9 Å². The fourth-order valence-electron chi connectivity index (χ4n) is 4.62. The van der Waals surface area contributed by atoms with Crippen LogP contribution in [-0.2, 0) is 34.8 Å². The van der Waals surface area contributed by atoms with E-state index >= 15 is 0 Å². The maximum absolute atomic E-state index is 13.0. The van der Waals surface area contributed by atoms with E-state index in [-0.39, 0.29) is 5.91 Å². The van der Waals surface area contributed by atoms with Crippen LogP contribution in [0.15, 0.2) is 59.5 Å². The summed E-state index contributed by atoms with van der Waals surface area (Å²) in [6, 6.07) is 11.6. The van der Waals surface area contributed by atoms with E-state index in [0.717, 1.165) is 55.4 Å². The Morgan fingerprint density at radius 3 is 2.78 bits per heavy atom. The Balaban J connectivity index is 1.24. The molecule has 4 heterocycles. The van der Waals surface area contributed by atoms with Gasteiger partial charge in [-0.25, -0.2) is 4.98 Å².